The zero-order valence-electron chi connectivity index (χ0n) is 12.5. The molecular weight excluding hydrogens is 361 g/mol. The molecule has 0 heterocycles. The zero-order valence-corrected chi connectivity index (χ0v) is 13.3. The maximum absolute atomic E-state index is 12.9. The first-order valence-corrected chi connectivity index (χ1v) is 7.64. The quantitative estimate of drug-likeness (QED) is 0.621. The van der Waals surface area contributed by atoms with Gasteiger partial charge in [0.15, 0.2) is 0 Å². The van der Waals surface area contributed by atoms with Crippen LogP contribution in [-0.2, 0) is 12.6 Å². The predicted octanol–water partition coefficient (Wildman–Crippen LogP) is 4.34. The number of nitrogens with one attached hydrogen (secondary N) is 1. The lowest BCUT2D eigenvalue weighted by Gasteiger charge is -2.20. The molecule has 3 rings (SSSR count). The Morgan fingerprint density at radius 3 is 2.60 bits per heavy atom. The van der Waals surface area contributed by atoms with E-state index in [0.29, 0.717) is 12.5 Å². The molecule has 2 aromatic carbocycles. The summed E-state index contributed by atoms with van der Waals surface area (Å²) in [5.74, 6) is 0. The van der Waals surface area contributed by atoms with Crippen molar-refractivity contribution in [2.45, 2.75) is 24.7 Å². The van der Waals surface area contributed by atoms with Gasteiger partial charge in [0, 0.05) is 12.5 Å². The van der Waals surface area contributed by atoms with Gasteiger partial charge < -0.3 is 10.4 Å². The second-order valence-electron chi connectivity index (χ2n) is 5.70. The number of nitro groups is 1. The molecule has 2 N–H and O–H groups in total. The zero-order chi connectivity index (χ0) is 18.4. The van der Waals surface area contributed by atoms with E-state index in [9.17, 15) is 28.4 Å². The van der Waals surface area contributed by atoms with Crippen LogP contribution in [-0.4, -0.2) is 16.1 Å². The minimum absolute atomic E-state index is 0.177. The highest BCUT2D eigenvalue weighted by molar-refractivity contribution is 6.31. The summed E-state index contributed by atoms with van der Waals surface area (Å²) in [6.07, 6.45) is -5.33. The van der Waals surface area contributed by atoms with Gasteiger partial charge >= 0.3 is 6.18 Å². The van der Waals surface area contributed by atoms with Crippen molar-refractivity contribution in [2.24, 2.45) is 0 Å². The van der Waals surface area contributed by atoms with Crippen LogP contribution >= 0.6 is 11.6 Å². The number of hydrogen-bond acceptors (Lipinski definition) is 4. The van der Waals surface area contributed by atoms with E-state index < -0.39 is 39.5 Å². The molecule has 0 saturated heterocycles. The number of alkyl halides is 3. The van der Waals surface area contributed by atoms with Gasteiger partial charge in [-0.15, -0.1) is 0 Å². The van der Waals surface area contributed by atoms with Crippen molar-refractivity contribution in [3.63, 3.8) is 0 Å². The molecule has 132 valence electrons. The van der Waals surface area contributed by atoms with Crippen molar-refractivity contribution in [3.8, 4) is 0 Å². The Morgan fingerprint density at radius 1 is 1.28 bits per heavy atom. The SMILES string of the molecule is O=[N+]([O-])c1cc(C(F)(F)F)c(Cl)cc1N[C@H]1c2ccccc2C[C@H]1O. The van der Waals surface area contributed by atoms with Crippen LogP contribution in [0.1, 0.15) is 22.7 Å². The van der Waals surface area contributed by atoms with Gasteiger partial charge in [-0.05, 0) is 17.2 Å². The maximum Gasteiger partial charge on any atom is 0.418 e. The molecule has 0 amide bonds. The number of nitro benzene ring substituents is 1. The Kier molecular flexibility index (Phi) is 4.34. The van der Waals surface area contributed by atoms with E-state index in [0.717, 1.165) is 17.2 Å². The fourth-order valence-electron chi connectivity index (χ4n) is 2.96. The fraction of sp³-hybridized carbons (Fsp3) is 0.250. The van der Waals surface area contributed by atoms with Crippen molar-refractivity contribution >= 4 is 23.0 Å². The molecule has 0 fully saturated rings. The summed E-state index contributed by atoms with van der Waals surface area (Å²) in [4.78, 5) is 10.3. The highest BCUT2D eigenvalue weighted by Crippen LogP contribution is 2.42. The Balaban J connectivity index is 2.03. The van der Waals surface area contributed by atoms with E-state index >= 15 is 0 Å². The van der Waals surface area contributed by atoms with Crippen molar-refractivity contribution < 1.29 is 23.2 Å². The molecule has 1 aliphatic carbocycles. The second kappa shape index (κ2) is 6.20. The summed E-state index contributed by atoms with van der Waals surface area (Å²) in [5, 5.41) is 23.5. The van der Waals surface area contributed by atoms with E-state index in [-0.39, 0.29) is 5.69 Å². The number of aliphatic hydroxyl groups excluding tert-OH is 1. The van der Waals surface area contributed by atoms with E-state index in [4.69, 9.17) is 11.6 Å². The van der Waals surface area contributed by atoms with Crippen LogP contribution in [0.25, 0.3) is 0 Å². The molecular formula is C16H12ClF3N2O3. The molecule has 0 bridgehead atoms. The third-order valence-corrected chi connectivity index (χ3v) is 4.42. The molecule has 0 aromatic heterocycles. The molecule has 0 radical (unpaired) electrons. The standard InChI is InChI=1S/C16H12ClF3N2O3/c17-11-7-12(13(22(24)25)6-10(11)16(18,19)20)21-15-9-4-2-1-3-8(9)5-14(15)23/h1-4,6-7,14-15,21,23H,5H2/t14-,15+/m1/s1. The average Bonchev–Trinajstić information content (AvgIpc) is 2.82. The van der Waals surface area contributed by atoms with Crippen LogP contribution in [0, 0.1) is 10.1 Å². The first kappa shape index (κ1) is 17.5. The van der Waals surface area contributed by atoms with Crippen LogP contribution in [0.5, 0.6) is 0 Å². The number of benzene rings is 2. The molecule has 0 spiro atoms. The van der Waals surface area contributed by atoms with Gasteiger partial charge in [-0.2, -0.15) is 13.2 Å². The van der Waals surface area contributed by atoms with Gasteiger partial charge in [-0.1, -0.05) is 35.9 Å². The number of halogens is 4. The molecule has 2 aromatic rings. The largest absolute Gasteiger partial charge is 0.418 e. The summed E-state index contributed by atoms with van der Waals surface area (Å²) >= 11 is 5.67. The van der Waals surface area contributed by atoms with Gasteiger partial charge in [-0.3, -0.25) is 10.1 Å². The third-order valence-electron chi connectivity index (χ3n) is 4.10. The van der Waals surface area contributed by atoms with Crippen LogP contribution < -0.4 is 5.32 Å². The Hall–Kier alpha value is -2.32. The first-order chi connectivity index (χ1) is 11.7. The molecule has 25 heavy (non-hydrogen) atoms. The normalized spacial score (nSPS) is 19.6. The number of aliphatic hydroxyl groups is 1. The van der Waals surface area contributed by atoms with Crippen LogP contribution in [0.2, 0.25) is 5.02 Å². The first-order valence-electron chi connectivity index (χ1n) is 7.26. The molecule has 0 aliphatic heterocycles. The van der Waals surface area contributed by atoms with Crippen LogP contribution in [0.4, 0.5) is 24.5 Å². The Labute approximate surface area is 145 Å². The summed E-state index contributed by atoms with van der Waals surface area (Å²) in [6.45, 7) is 0. The highest BCUT2D eigenvalue weighted by Gasteiger charge is 2.37. The lowest BCUT2D eigenvalue weighted by atomic mass is 10.1. The average molecular weight is 373 g/mol. The molecule has 1 aliphatic rings. The molecule has 0 saturated carbocycles. The number of hydrogen-bond donors (Lipinski definition) is 2. The summed E-state index contributed by atoms with van der Waals surface area (Å²) in [7, 11) is 0. The maximum atomic E-state index is 12.9. The van der Waals surface area contributed by atoms with Crippen LogP contribution in [0.3, 0.4) is 0 Å². The third kappa shape index (κ3) is 3.27. The summed E-state index contributed by atoms with van der Waals surface area (Å²) in [5.41, 5.74) is -0.607. The minimum atomic E-state index is -4.81. The predicted molar refractivity (Wildman–Crippen MR) is 85.6 cm³/mol. The van der Waals surface area contributed by atoms with E-state index in [1.54, 1.807) is 18.2 Å². The topological polar surface area (TPSA) is 75.4 Å². The number of rotatable bonds is 3. The highest BCUT2D eigenvalue weighted by atomic mass is 35.5. The lowest BCUT2D eigenvalue weighted by molar-refractivity contribution is -0.384. The van der Waals surface area contributed by atoms with Crippen molar-refractivity contribution in [3.05, 3.63) is 68.2 Å². The molecule has 9 heteroatoms. The molecule has 5 nitrogen and oxygen atoms in total. The van der Waals surface area contributed by atoms with Crippen molar-refractivity contribution in [1.29, 1.82) is 0 Å². The molecule has 2 atom stereocenters. The minimum Gasteiger partial charge on any atom is -0.390 e. The Bertz CT molecular complexity index is 842. The molecule has 0 unspecified atom stereocenters. The van der Waals surface area contributed by atoms with Crippen molar-refractivity contribution in [2.75, 3.05) is 5.32 Å². The van der Waals surface area contributed by atoms with E-state index in [1.807, 2.05) is 6.07 Å². The van der Waals surface area contributed by atoms with Crippen LogP contribution in [0.15, 0.2) is 36.4 Å². The Morgan fingerprint density at radius 2 is 1.96 bits per heavy atom. The summed E-state index contributed by atoms with van der Waals surface area (Å²) < 4.78 is 38.8. The number of nitrogens with zero attached hydrogens (tertiary/aromatic N) is 1. The van der Waals surface area contributed by atoms with Gasteiger partial charge in [-0.25, -0.2) is 0 Å². The van der Waals surface area contributed by atoms with Crippen molar-refractivity contribution in [1.82, 2.24) is 0 Å². The van der Waals surface area contributed by atoms with Gasteiger partial charge in [0.1, 0.15) is 5.69 Å². The number of fused-ring (bicyclic) bond motifs is 1. The van der Waals surface area contributed by atoms with E-state index in [1.165, 1.54) is 0 Å². The van der Waals surface area contributed by atoms with Gasteiger partial charge in [0.05, 0.1) is 27.7 Å². The van der Waals surface area contributed by atoms with E-state index in [2.05, 4.69) is 5.32 Å². The monoisotopic (exact) mass is 372 g/mol. The lowest BCUT2D eigenvalue weighted by Crippen LogP contribution is -2.22. The smallest absolute Gasteiger partial charge is 0.390 e. The fourth-order valence-corrected chi connectivity index (χ4v) is 3.23. The van der Waals surface area contributed by atoms with Gasteiger partial charge in [0.25, 0.3) is 5.69 Å². The number of anilines is 1. The van der Waals surface area contributed by atoms with Gasteiger partial charge in [0.2, 0.25) is 0 Å². The summed E-state index contributed by atoms with van der Waals surface area (Å²) in [6, 6.07) is 7.71. The second-order valence-corrected chi connectivity index (χ2v) is 6.10.